The fourth-order valence-corrected chi connectivity index (χ4v) is 3.26. The summed E-state index contributed by atoms with van der Waals surface area (Å²) in [6.07, 6.45) is 1.68. The highest BCUT2D eigenvalue weighted by molar-refractivity contribution is 7.99. The third kappa shape index (κ3) is 2.14. The second kappa shape index (κ2) is 4.72. The van der Waals surface area contributed by atoms with Crippen LogP contribution in [0.5, 0.6) is 0 Å². The Hall–Kier alpha value is -0.260. The van der Waals surface area contributed by atoms with Gasteiger partial charge in [0.15, 0.2) is 5.79 Å². The number of carbonyl (C=O) groups excluding carboxylic acids is 1. The zero-order valence-electron chi connectivity index (χ0n) is 8.86. The van der Waals surface area contributed by atoms with Crippen molar-refractivity contribution in [3.05, 3.63) is 0 Å². The maximum Gasteiger partial charge on any atom is 0.315 e. The van der Waals surface area contributed by atoms with Crippen LogP contribution in [-0.4, -0.2) is 43.6 Å². The summed E-state index contributed by atoms with van der Waals surface area (Å²) in [5, 5.41) is 0. The monoisotopic (exact) mass is 232 g/mol. The van der Waals surface area contributed by atoms with Gasteiger partial charge >= 0.3 is 5.97 Å². The molecule has 4 nitrogen and oxygen atoms in total. The summed E-state index contributed by atoms with van der Waals surface area (Å²) >= 11 is 1.75. The van der Waals surface area contributed by atoms with Crippen LogP contribution >= 0.6 is 11.8 Å². The second-order valence-corrected chi connectivity index (χ2v) is 4.91. The first-order valence-corrected chi connectivity index (χ1v) is 6.37. The highest BCUT2D eigenvalue weighted by Crippen LogP contribution is 2.39. The molecule has 1 atom stereocenters. The van der Waals surface area contributed by atoms with E-state index < -0.39 is 5.79 Å². The number of methoxy groups -OCH3 is 1. The van der Waals surface area contributed by atoms with Gasteiger partial charge in [-0.3, -0.25) is 4.79 Å². The zero-order valence-corrected chi connectivity index (χ0v) is 9.68. The molecule has 1 spiro atoms. The van der Waals surface area contributed by atoms with Crippen LogP contribution in [0.3, 0.4) is 0 Å². The highest BCUT2D eigenvalue weighted by Gasteiger charge is 2.49. The van der Waals surface area contributed by atoms with Crippen LogP contribution in [0.1, 0.15) is 12.8 Å². The maximum absolute atomic E-state index is 11.6. The summed E-state index contributed by atoms with van der Waals surface area (Å²) in [7, 11) is 1.41. The molecular formula is C10H16O4S. The van der Waals surface area contributed by atoms with Crippen LogP contribution in [0.4, 0.5) is 0 Å². The van der Waals surface area contributed by atoms with Crippen molar-refractivity contribution in [3.63, 3.8) is 0 Å². The van der Waals surface area contributed by atoms with E-state index in [0.717, 1.165) is 24.3 Å². The van der Waals surface area contributed by atoms with E-state index in [0.29, 0.717) is 13.2 Å². The molecular weight excluding hydrogens is 216 g/mol. The van der Waals surface area contributed by atoms with Crippen molar-refractivity contribution >= 4 is 17.7 Å². The molecule has 2 aliphatic rings. The minimum absolute atomic E-state index is 0.218. The predicted octanol–water partition coefficient (Wildman–Crippen LogP) is 1.05. The lowest BCUT2D eigenvalue weighted by molar-refractivity contribution is -0.291. The highest BCUT2D eigenvalue weighted by atomic mass is 32.2. The van der Waals surface area contributed by atoms with E-state index >= 15 is 0 Å². The molecule has 5 heteroatoms. The first kappa shape index (κ1) is 11.2. The average molecular weight is 232 g/mol. The molecule has 0 bridgehead atoms. The largest absolute Gasteiger partial charge is 0.469 e. The summed E-state index contributed by atoms with van der Waals surface area (Å²) < 4.78 is 16.2. The van der Waals surface area contributed by atoms with E-state index in [1.165, 1.54) is 7.11 Å². The Morgan fingerprint density at radius 3 is 2.87 bits per heavy atom. The van der Waals surface area contributed by atoms with Crippen LogP contribution in [0.15, 0.2) is 0 Å². The Bertz CT molecular complexity index is 229. The summed E-state index contributed by atoms with van der Waals surface area (Å²) in [5.41, 5.74) is 0. The van der Waals surface area contributed by atoms with Gasteiger partial charge in [0, 0.05) is 12.2 Å². The smallest absolute Gasteiger partial charge is 0.315 e. The van der Waals surface area contributed by atoms with Gasteiger partial charge in [-0.1, -0.05) is 0 Å². The lowest BCUT2D eigenvalue weighted by atomic mass is 9.96. The minimum atomic E-state index is -0.698. The molecule has 0 aliphatic carbocycles. The van der Waals surface area contributed by atoms with Crippen molar-refractivity contribution in [2.45, 2.75) is 18.6 Å². The minimum Gasteiger partial charge on any atom is -0.469 e. The van der Waals surface area contributed by atoms with Crippen LogP contribution in [-0.2, 0) is 19.0 Å². The summed E-state index contributed by atoms with van der Waals surface area (Å²) in [6.45, 7) is 1.36. The van der Waals surface area contributed by atoms with Gasteiger partial charge in [0.05, 0.1) is 20.3 Å². The molecule has 0 aromatic heterocycles. The average Bonchev–Trinajstić information content (AvgIpc) is 2.30. The van der Waals surface area contributed by atoms with E-state index in [-0.39, 0.29) is 11.9 Å². The van der Waals surface area contributed by atoms with Crippen LogP contribution in [0, 0.1) is 5.92 Å². The van der Waals surface area contributed by atoms with Gasteiger partial charge in [-0.05, 0) is 12.2 Å². The van der Waals surface area contributed by atoms with Gasteiger partial charge < -0.3 is 14.2 Å². The number of rotatable bonds is 1. The number of ether oxygens (including phenoxy) is 3. The van der Waals surface area contributed by atoms with E-state index in [1.54, 1.807) is 11.8 Å². The maximum atomic E-state index is 11.6. The molecule has 2 heterocycles. The van der Waals surface area contributed by atoms with Gasteiger partial charge in [0.1, 0.15) is 5.92 Å². The van der Waals surface area contributed by atoms with Crippen molar-refractivity contribution in [3.8, 4) is 0 Å². The number of hydrogen-bond donors (Lipinski definition) is 0. The third-order valence-electron chi connectivity index (χ3n) is 2.88. The van der Waals surface area contributed by atoms with E-state index in [2.05, 4.69) is 0 Å². The van der Waals surface area contributed by atoms with Crippen molar-refractivity contribution in [2.24, 2.45) is 5.92 Å². The second-order valence-electron chi connectivity index (χ2n) is 3.76. The van der Waals surface area contributed by atoms with Gasteiger partial charge in [-0.15, -0.1) is 0 Å². The molecule has 86 valence electrons. The van der Waals surface area contributed by atoms with Crippen molar-refractivity contribution in [1.82, 2.24) is 0 Å². The summed E-state index contributed by atoms with van der Waals surface area (Å²) in [6, 6.07) is 0. The lowest BCUT2D eigenvalue weighted by Gasteiger charge is -2.43. The molecule has 0 saturated carbocycles. The molecule has 1 unspecified atom stereocenters. The molecule has 0 aromatic rings. The summed E-state index contributed by atoms with van der Waals surface area (Å²) in [4.78, 5) is 11.6. The number of esters is 1. The van der Waals surface area contributed by atoms with Gasteiger partial charge in [0.2, 0.25) is 0 Å². The molecule has 0 radical (unpaired) electrons. The number of carbonyl (C=O) groups is 1. The third-order valence-corrected chi connectivity index (χ3v) is 3.94. The van der Waals surface area contributed by atoms with Gasteiger partial charge in [-0.2, -0.15) is 11.8 Å². The first-order valence-electron chi connectivity index (χ1n) is 5.22. The fourth-order valence-electron chi connectivity index (χ4n) is 2.04. The molecule has 2 rings (SSSR count). The molecule has 15 heavy (non-hydrogen) atoms. The van der Waals surface area contributed by atoms with Gasteiger partial charge in [-0.25, -0.2) is 0 Å². The first-order chi connectivity index (χ1) is 7.28. The van der Waals surface area contributed by atoms with E-state index in [9.17, 15) is 4.79 Å². The van der Waals surface area contributed by atoms with Crippen LogP contribution < -0.4 is 0 Å². The zero-order chi connectivity index (χ0) is 10.7. The lowest BCUT2D eigenvalue weighted by Crippen LogP contribution is -2.53. The Morgan fingerprint density at radius 2 is 2.20 bits per heavy atom. The molecule has 0 N–H and O–H groups in total. The molecule has 2 fully saturated rings. The Labute approximate surface area is 93.6 Å². The number of hydrogen-bond acceptors (Lipinski definition) is 5. The SMILES string of the molecule is COC(=O)C1CSCCC12OCCCO2. The number of thioether (sulfide) groups is 1. The quantitative estimate of drug-likeness (QED) is 0.632. The Kier molecular flexibility index (Phi) is 3.53. The molecule has 0 aromatic carbocycles. The molecule has 2 saturated heterocycles. The van der Waals surface area contributed by atoms with Crippen LogP contribution in [0.25, 0.3) is 0 Å². The fraction of sp³-hybridized carbons (Fsp3) is 0.900. The predicted molar refractivity (Wildman–Crippen MR) is 56.7 cm³/mol. The van der Waals surface area contributed by atoms with Crippen molar-refractivity contribution in [1.29, 1.82) is 0 Å². The van der Waals surface area contributed by atoms with E-state index in [1.807, 2.05) is 0 Å². The standard InChI is InChI=1S/C10H16O4S/c1-12-9(11)8-7-15-6-3-10(8)13-4-2-5-14-10/h8H,2-7H2,1H3. The van der Waals surface area contributed by atoms with Crippen LogP contribution in [0.2, 0.25) is 0 Å². The van der Waals surface area contributed by atoms with Crippen molar-refractivity contribution in [2.75, 3.05) is 31.8 Å². The Morgan fingerprint density at radius 1 is 1.47 bits per heavy atom. The van der Waals surface area contributed by atoms with E-state index in [4.69, 9.17) is 14.2 Å². The Balaban J connectivity index is 2.13. The topological polar surface area (TPSA) is 44.8 Å². The summed E-state index contributed by atoms with van der Waals surface area (Å²) in [5.74, 6) is 0.516. The van der Waals surface area contributed by atoms with Gasteiger partial charge in [0.25, 0.3) is 0 Å². The normalized spacial score (nSPS) is 30.1. The molecule has 0 amide bonds. The van der Waals surface area contributed by atoms with Crippen molar-refractivity contribution < 1.29 is 19.0 Å². The molecule has 2 aliphatic heterocycles.